The van der Waals surface area contributed by atoms with Crippen LogP contribution in [-0.2, 0) is 9.59 Å². The first kappa shape index (κ1) is 22.4. The number of nitro benzene ring substituents is 1. The first-order valence-corrected chi connectivity index (χ1v) is 14.1. The van der Waals surface area contributed by atoms with Crippen LogP contribution in [-0.4, -0.2) is 27.0 Å². The smallest absolute Gasteiger partial charge is 0.305 e. The molecule has 36 heavy (non-hydrogen) atoms. The molecule has 4 aliphatic rings. The van der Waals surface area contributed by atoms with E-state index in [1.165, 1.54) is 40.5 Å². The summed E-state index contributed by atoms with van der Waals surface area (Å²) < 4.78 is 0.955. The predicted octanol–water partition coefficient (Wildman–Crippen LogP) is 4.79. The summed E-state index contributed by atoms with van der Waals surface area (Å²) in [6.45, 7) is 0. The third-order valence-corrected chi connectivity index (χ3v) is 11.3. The summed E-state index contributed by atoms with van der Waals surface area (Å²) >= 11 is 6.47. The number of rotatable bonds is 3. The lowest BCUT2D eigenvalue weighted by atomic mass is 9.68. The third kappa shape index (κ3) is 3.02. The minimum absolute atomic E-state index is 0.0198. The lowest BCUT2D eigenvalue weighted by Crippen LogP contribution is -2.42. The summed E-state index contributed by atoms with van der Waals surface area (Å²) in [7, 11) is 0. The minimum Gasteiger partial charge on any atom is -0.307 e. The Balaban J connectivity index is 1.30. The Morgan fingerprint density at radius 2 is 1.75 bits per heavy atom. The summed E-state index contributed by atoms with van der Waals surface area (Å²) in [6, 6.07) is 13.7. The van der Waals surface area contributed by atoms with Gasteiger partial charge in [0.15, 0.2) is 0 Å². The van der Waals surface area contributed by atoms with E-state index in [9.17, 15) is 24.5 Å². The number of thioether (sulfide) groups is 1. The van der Waals surface area contributed by atoms with E-state index in [1.807, 2.05) is 12.1 Å². The van der Waals surface area contributed by atoms with Gasteiger partial charge >= 0.3 is 4.87 Å². The van der Waals surface area contributed by atoms with Crippen molar-refractivity contribution < 1.29 is 14.5 Å². The number of hydrogen-bond acceptors (Lipinski definition) is 7. The number of nitrogens with one attached hydrogen (secondary N) is 1. The van der Waals surface area contributed by atoms with Gasteiger partial charge in [0.25, 0.3) is 5.69 Å². The number of carbonyl (C=O) groups is 2. The second-order valence-electron chi connectivity index (χ2n) is 9.80. The molecule has 2 aliphatic heterocycles. The van der Waals surface area contributed by atoms with E-state index in [1.54, 1.807) is 11.8 Å². The second-order valence-corrected chi connectivity index (χ2v) is 12.9. The first-order chi connectivity index (χ1) is 17.3. The molecule has 2 aliphatic carbocycles. The number of anilines is 1. The van der Waals surface area contributed by atoms with Crippen molar-refractivity contribution in [2.24, 2.45) is 29.6 Å². The molecule has 1 saturated heterocycles. The quantitative estimate of drug-likeness (QED) is 0.269. The topological polar surface area (TPSA) is 113 Å². The van der Waals surface area contributed by atoms with E-state index in [-0.39, 0.29) is 51.3 Å². The van der Waals surface area contributed by atoms with Crippen LogP contribution < -0.4 is 9.77 Å². The Bertz CT molecular complexity index is 1520. The second kappa shape index (κ2) is 7.87. The molecule has 7 rings (SSSR count). The Hall–Kier alpha value is -2.76. The van der Waals surface area contributed by atoms with Crippen LogP contribution in [0.2, 0.25) is 0 Å². The lowest BCUT2D eigenvalue weighted by molar-refractivity contribution is -0.384. The number of aromatic amines is 1. The summed E-state index contributed by atoms with van der Waals surface area (Å²) in [5.74, 6) is -1.09. The van der Waals surface area contributed by atoms with Crippen LogP contribution in [0.3, 0.4) is 0 Å². The van der Waals surface area contributed by atoms with Crippen LogP contribution in [0.25, 0.3) is 0 Å². The highest BCUT2D eigenvalue weighted by Gasteiger charge is 2.69. The van der Waals surface area contributed by atoms with Gasteiger partial charge in [-0.25, -0.2) is 0 Å². The zero-order chi connectivity index (χ0) is 24.9. The van der Waals surface area contributed by atoms with Crippen LogP contribution in [0.5, 0.6) is 0 Å². The fourth-order valence-corrected chi connectivity index (χ4v) is 10.4. The van der Waals surface area contributed by atoms with Crippen molar-refractivity contribution in [3.05, 3.63) is 83.2 Å². The maximum atomic E-state index is 13.7. The van der Waals surface area contributed by atoms with Gasteiger partial charge in [0, 0.05) is 32.7 Å². The zero-order valence-electron chi connectivity index (χ0n) is 18.5. The molecule has 2 aromatic carbocycles. The van der Waals surface area contributed by atoms with E-state index in [4.69, 9.17) is 0 Å². The number of non-ortho nitro benzene ring substituents is 1. The Morgan fingerprint density at radius 1 is 1.03 bits per heavy atom. The number of carbonyl (C=O) groups excluding carboxylic acids is 2. The molecule has 7 atom stereocenters. The standard InChI is InChI=1S/C25H18BrN3O5S2/c26-11-3-1-2-10(8-11)16-17-14-9-15(20(17)35-22-21(16)36-25(32)27-22)19-18(14)23(30)28(24(19)31)12-4-6-13(7-5-12)29(33)34/h1-8,14-20H,9H2,(H,27,32)/t14?,15?,16-,17?,18?,19?,20?/m1/s1. The van der Waals surface area contributed by atoms with E-state index in [2.05, 4.69) is 33.0 Å². The number of halogens is 1. The van der Waals surface area contributed by atoms with E-state index in [0.29, 0.717) is 5.69 Å². The minimum atomic E-state index is -0.501. The molecule has 6 unspecified atom stereocenters. The van der Waals surface area contributed by atoms with Crippen molar-refractivity contribution >= 4 is 62.2 Å². The molecule has 2 bridgehead atoms. The van der Waals surface area contributed by atoms with Gasteiger partial charge < -0.3 is 4.98 Å². The fourth-order valence-electron chi connectivity index (χ4n) is 7.07. The van der Waals surface area contributed by atoms with Gasteiger partial charge in [-0.1, -0.05) is 39.4 Å². The molecule has 182 valence electrons. The van der Waals surface area contributed by atoms with Gasteiger partial charge in [-0.05, 0) is 54.0 Å². The highest BCUT2D eigenvalue weighted by atomic mass is 79.9. The van der Waals surface area contributed by atoms with Crippen LogP contribution in [0.4, 0.5) is 11.4 Å². The van der Waals surface area contributed by atoms with E-state index >= 15 is 0 Å². The SMILES string of the molecule is O=C1C2C3CC(C2C(=O)N1c1ccc([N+](=O)[O-])cc1)C1C3Sc2[nH]c(=O)sc2[C@@H]1c1cccc(Br)c1. The molecule has 1 N–H and O–H groups in total. The Kier molecular flexibility index (Phi) is 4.90. The molecule has 3 heterocycles. The average Bonchev–Trinajstić information content (AvgIpc) is 3.58. The molecule has 2 amide bonds. The van der Waals surface area contributed by atoms with Crippen molar-refractivity contribution in [1.82, 2.24) is 4.98 Å². The number of aromatic nitrogens is 1. The fraction of sp³-hybridized carbons (Fsp3) is 0.320. The molecule has 2 saturated carbocycles. The highest BCUT2D eigenvalue weighted by Crippen LogP contribution is 2.68. The van der Waals surface area contributed by atoms with Crippen LogP contribution in [0.1, 0.15) is 22.8 Å². The third-order valence-electron chi connectivity index (χ3n) is 8.25. The monoisotopic (exact) mass is 583 g/mol. The van der Waals surface area contributed by atoms with Gasteiger partial charge in [-0.15, -0.1) is 11.8 Å². The first-order valence-electron chi connectivity index (χ1n) is 11.6. The van der Waals surface area contributed by atoms with Gasteiger partial charge in [-0.3, -0.25) is 29.4 Å². The van der Waals surface area contributed by atoms with Gasteiger partial charge in [0.1, 0.15) is 0 Å². The normalized spacial score (nSPS) is 31.9. The molecule has 0 radical (unpaired) electrons. The van der Waals surface area contributed by atoms with Crippen molar-refractivity contribution in [1.29, 1.82) is 0 Å². The van der Waals surface area contributed by atoms with Crippen LogP contribution >= 0.6 is 39.0 Å². The number of nitrogens with zero attached hydrogens (tertiary/aromatic N) is 2. The molecule has 0 spiro atoms. The molecule has 3 fully saturated rings. The lowest BCUT2D eigenvalue weighted by Gasteiger charge is -2.43. The summed E-state index contributed by atoms with van der Waals surface area (Å²) in [4.78, 5) is 55.4. The molecular formula is C25H18BrN3O5S2. The van der Waals surface area contributed by atoms with Crippen molar-refractivity contribution in [3.8, 4) is 0 Å². The molecule has 8 nitrogen and oxygen atoms in total. The number of hydrogen-bond donors (Lipinski definition) is 1. The number of benzene rings is 2. The molecule has 3 aromatic rings. The van der Waals surface area contributed by atoms with Crippen molar-refractivity contribution in [2.75, 3.05) is 4.90 Å². The number of fused-ring (bicyclic) bond motifs is 9. The Labute approximate surface area is 221 Å². The number of H-pyrrole nitrogens is 1. The van der Waals surface area contributed by atoms with Crippen molar-refractivity contribution in [2.45, 2.75) is 22.6 Å². The largest absolute Gasteiger partial charge is 0.307 e. The summed E-state index contributed by atoms with van der Waals surface area (Å²) in [6.07, 6.45) is 0.812. The maximum Gasteiger partial charge on any atom is 0.305 e. The Morgan fingerprint density at radius 3 is 2.44 bits per heavy atom. The number of amides is 2. The molecular weight excluding hydrogens is 566 g/mol. The van der Waals surface area contributed by atoms with E-state index in [0.717, 1.165) is 26.4 Å². The summed E-state index contributed by atoms with van der Waals surface area (Å²) in [5.41, 5.74) is 1.40. The summed E-state index contributed by atoms with van der Waals surface area (Å²) in [5, 5.41) is 12.0. The molecule has 11 heteroatoms. The highest BCUT2D eigenvalue weighted by molar-refractivity contribution is 9.10. The van der Waals surface area contributed by atoms with Crippen molar-refractivity contribution in [3.63, 3.8) is 0 Å². The zero-order valence-corrected chi connectivity index (χ0v) is 21.7. The number of thiazole rings is 1. The average molecular weight is 584 g/mol. The van der Waals surface area contributed by atoms with Crippen LogP contribution in [0.15, 0.2) is 62.8 Å². The maximum absolute atomic E-state index is 13.7. The number of nitro groups is 1. The van der Waals surface area contributed by atoms with Gasteiger partial charge in [0.05, 0.1) is 27.5 Å². The molecule has 1 aromatic heterocycles. The number of imide groups is 1. The van der Waals surface area contributed by atoms with Gasteiger partial charge in [0.2, 0.25) is 11.8 Å². The van der Waals surface area contributed by atoms with Gasteiger partial charge in [-0.2, -0.15) is 0 Å². The van der Waals surface area contributed by atoms with E-state index < -0.39 is 16.8 Å². The predicted molar refractivity (Wildman–Crippen MR) is 138 cm³/mol. The van der Waals surface area contributed by atoms with Crippen LogP contribution in [0, 0.1) is 39.7 Å².